The molecular formula is C10H26NO2Ti-. The molecule has 3 N–H and O–H groups in total. The van der Waals surface area contributed by atoms with Gasteiger partial charge in [0.05, 0.1) is 0 Å². The Morgan fingerprint density at radius 1 is 1.00 bits per heavy atom. The van der Waals surface area contributed by atoms with E-state index >= 15 is 0 Å². The zero-order valence-electron chi connectivity index (χ0n) is 10.0. The number of hydrogen-bond donors (Lipinski definition) is 3. The minimum absolute atomic E-state index is 0. The molecule has 0 aromatic carbocycles. The van der Waals surface area contributed by atoms with Crippen LogP contribution < -0.4 is 5.32 Å². The van der Waals surface area contributed by atoms with Gasteiger partial charge in [-0.25, -0.2) is 0 Å². The van der Waals surface area contributed by atoms with Crippen LogP contribution in [-0.2, 0) is 21.7 Å². The molecule has 0 radical (unpaired) electrons. The van der Waals surface area contributed by atoms with Gasteiger partial charge in [-0.05, 0) is 13.0 Å². The first kappa shape index (κ1) is 24.0. The van der Waals surface area contributed by atoms with E-state index in [1.165, 1.54) is 25.7 Å². The van der Waals surface area contributed by atoms with E-state index in [-0.39, 0.29) is 21.7 Å². The molecule has 14 heavy (non-hydrogen) atoms. The van der Waals surface area contributed by atoms with Gasteiger partial charge in [0.1, 0.15) is 0 Å². The quantitative estimate of drug-likeness (QED) is 0.375. The van der Waals surface area contributed by atoms with E-state index in [4.69, 9.17) is 10.2 Å². The van der Waals surface area contributed by atoms with Crippen molar-refractivity contribution in [2.45, 2.75) is 39.5 Å². The molecule has 0 amide bonds. The van der Waals surface area contributed by atoms with Crippen LogP contribution in [0.4, 0.5) is 0 Å². The molecule has 88 valence electrons. The van der Waals surface area contributed by atoms with Gasteiger partial charge in [0, 0.05) is 35.9 Å². The maximum Gasteiger partial charge on any atom is 0.0319 e. The molecule has 0 saturated carbocycles. The van der Waals surface area contributed by atoms with Crippen LogP contribution in [0.5, 0.6) is 0 Å². The average Bonchev–Trinajstić information content (AvgIpc) is 2.24. The van der Waals surface area contributed by atoms with E-state index in [1.807, 2.05) is 0 Å². The summed E-state index contributed by atoms with van der Waals surface area (Å²) in [7, 11) is 2.00. The van der Waals surface area contributed by atoms with Gasteiger partial charge in [-0.15, -0.1) is 0 Å². The fraction of sp³-hybridized carbons (Fsp3) is 0.900. The number of unbranched alkanes of at least 4 members (excludes halogenated alkanes) is 2. The largest absolute Gasteiger partial charge is 0.470 e. The summed E-state index contributed by atoms with van der Waals surface area (Å²) in [4.78, 5) is 0. The number of rotatable bonds is 6. The summed E-state index contributed by atoms with van der Waals surface area (Å²) < 4.78 is 0. The second-order valence-electron chi connectivity index (χ2n) is 2.30. The van der Waals surface area contributed by atoms with Crippen molar-refractivity contribution in [3.8, 4) is 0 Å². The van der Waals surface area contributed by atoms with E-state index < -0.39 is 0 Å². The van der Waals surface area contributed by atoms with Gasteiger partial charge in [-0.3, -0.25) is 6.54 Å². The third-order valence-electron chi connectivity index (χ3n) is 1.25. The molecule has 0 atom stereocenters. The molecule has 0 aliphatic heterocycles. The smallest absolute Gasteiger partial charge is 0.0319 e. The number of nitrogens with one attached hydrogen (secondary N) is 1. The first-order valence-corrected chi connectivity index (χ1v) is 4.86. The molecule has 4 heteroatoms. The Hall–Kier alpha value is 0.594. The van der Waals surface area contributed by atoms with Gasteiger partial charge in [-0.2, -0.15) is 6.42 Å². The van der Waals surface area contributed by atoms with E-state index in [2.05, 4.69) is 25.7 Å². The molecule has 0 fully saturated rings. The summed E-state index contributed by atoms with van der Waals surface area (Å²) >= 11 is 0. The Kier molecular flexibility index (Phi) is 64.2. The Labute approximate surface area is 104 Å². The van der Waals surface area contributed by atoms with Crippen LogP contribution >= 0.6 is 0 Å². The number of aliphatic hydroxyl groups is 2. The van der Waals surface area contributed by atoms with Crippen molar-refractivity contribution in [3.63, 3.8) is 0 Å². The van der Waals surface area contributed by atoms with Crippen molar-refractivity contribution < 1.29 is 31.9 Å². The first-order chi connectivity index (χ1) is 6.41. The fourth-order valence-electron chi connectivity index (χ4n) is 0.627. The van der Waals surface area contributed by atoms with Gasteiger partial charge in [0.2, 0.25) is 0 Å². The predicted molar refractivity (Wildman–Crippen MR) is 58.4 cm³/mol. The summed E-state index contributed by atoms with van der Waals surface area (Å²) in [5, 5.41) is 17.3. The SMILES string of the molecule is CCC[CH-]NCCCC.CO.CO.[Ti]. The molecule has 0 aromatic rings. The second kappa shape index (κ2) is 37.4. The monoisotopic (exact) mass is 240 g/mol. The Balaban J connectivity index is -0.0000000883. The van der Waals surface area contributed by atoms with Gasteiger partial charge < -0.3 is 15.5 Å². The third kappa shape index (κ3) is 38.9. The Morgan fingerprint density at radius 3 is 1.86 bits per heavy atom. The molecule has 0 aliphatic rings. The minimum atomic E-state index is 0. The molecule has 0 bridgehead atoms. The van der Waals surface area contributed by atoms with Crippen LogP contribution in [0.25, 0.3) is 0 Å². The third-order valence-corrected chi connectivity index (χ3v) is 1.25. The molecule has 0 saturated heterocycles. The van der Waals surface area contributed by atoms with Gasteiger partial charge in [0.15, 0.2) is 0 Å². The summed E-state index contributed by atoms with van der Waals surface area (Å²) in [5.74, 6) is 0. The number of hydrogen-bond acceptors (Lipinski definition) is 3. The van der Waals surface area contributed by atoms with E-state index in [9.17, 15) is 0 Å². The molecule has 0 unspecified atom stereocenters. The summed E-state index contributed by atoms with van der Waals surface area (Å²) in [6.45, 7) is 7.71. The molecule has 0 spiro atoms. The summed E-state index contributed by atoms with van der Waals surface area (Å²) in [6.07, 6.45) is 5.02. The van der Waals surface area contributed by atoms with Crippen LogP contribution in [0, 0.1) is 6.54 Å². The fourth-order valence-corrected chi connectivity index (χ4v) is 0.627. The van der Waals surface area contributed by atoms with Crippen molar-refractivity contribution >= 4 is 0 Å². The first-order valence-electron chi connectivity index (χ1n) is 4.86. The summed E-state index contributed by atoms with van der Waals surface area (Å²) in [5.41, 5.74) is 0. The summed E-state index contributed by atoms with van der Waals surface area (Å²) in [6, 6.07) is 0. The Bertz CT molecular complexity index is 51.4. The minimum Gasteiger partial charge on any atom is -0.470 e. The molecular weight excluding hydrogens is 214 g/mol. The average molecular weight is 240 g/mol. The van der Waals surface area contributed by atoms with Crippen molar-refractivity contribution in [1.29, 1.82) is 0 Å². The molecule has 0 heterocycles. The van der Waals surface area contributed by atoms with Crippen molar-refractivity contribution in [2.24, 2.45) is 0 Å². The van der Waals surface area contributed by atoms with E-state index in [1.54, 1.807) is 0 Å². The molecule has 0 aromatic heterocycles. The van der Waals surface area contributed by atoms with Gasteiger partial charge >= 0.3 is 0 Å². The zero-order valence-corrected chi connectivity index (χ0v) is 11.6. The van der Waals surface area contributed by atoms with Crippen LogP contribution in [0.2, 0.25) is 0 Å². The zero-order chi connectivity index (χ0) is 10.9. The topological polar surface area (TPSA) is 52.5 Å². The molecule has 0 rings (SSSR count). The van der Waals surface area contributed by atoms with Crippen LogP contribution in [0.15, 0.2) is 0 Å². The second-order valence-corrected chi connectivity index (χ2v) is 2.30. The van der Waals surface area contributed by atoms with Gasteiger partial charge in [-0.1, -0.05) is 26.7 Å². The van der Waals surface area contributed by atoms with Crippen LogP contribution in [-0.4, -0.2) is 31.0 Å². The molecule has 3 nitrogen and oxygen atoms in total. The maximum atomic E-state index is 7.00. The van der Waals surface area contributed by atoms with Gasteiger partial charge in [0.25, 0.3) is 0 Å². The van der Waals surface area contributed by atoms with Crippen molar-refractivity contribution in [2.75, 3.05) is 20.8 Å². The van der Waals surface area contributed by atoms with E-state index in [0.717, 1.165) is 20.8 Å². The van der Waals surface area contributed by atoms with Crippen molar-refractivity contribution in [3.05, 3.63) is 6.54 Å². The van der Waals surface area contributed by atoms with E-state index in [0.29, 0.717) is 0 Å². The predicted octanol–water partition coefficient (Wildman–Crippen LogP) is 1.55. The Morgan fingerprint density at radius 2 is 1.50 bits per heavy atom. The van der Waals surface area contributed by atoms with Crippen LogP contribution in [0.3, 0.4) is 0 Å². The molecule has 0 aliphatic carbocycles. The normalized spacial score (nSPS) is 7.29. The number of aliphatic hydroxyl groups excluding tert-OH is 2. The van der Waals surface area contributed by atoms with Crippen LogP contribution in [0.1, 0.15) is 39.5 Å². The maximum absolute atomic E-state index is 7.00. The standard InChI is InChI=1S/C8H18N.2CH4O.Ti/c1-3-5-7-9-8-6-4-2;2*1-2;/h7,9H,3-6,8H2,1-2H3;2*2H,1H3;/q-1;;;. The van der Waals surface area contributed by atoms with Crippen molar-refractivity contribution in [1.82, 2.24) is 5.32 Å².